The van der Waals surface area contributed by atoms with Gasteiger partial charge in [-0.15, -0.1) is 0 Å². The topological polar surface area (TPSA) is 40.2 Å². The molecule has 0 fully saturated rings. The fourth-order valence-electron chi connectivity index (χ4n) is 2.16. The smallest absolute Gasteiger partial charge is 0.183 e. The first-order valence-corrected chi connectivity index (χ1v) is 7.72. The molecule has 0 saturated heterocycles. The Morgan fingerprint density at radius 1 is 1.19 bits per heavy atom. The van der Waals surface area contributed by atoms with Crippen molar-refractivity contribution in [1.82, 2.24) is 20.7 Å². The zero-order valence-corrected chi connectivity index (χ0v) is 13.6. The summed E-state index contributed by atoms with van der Waals surface area (Å²) in [7, 11) is 0. The van der Waals surface area contributed by atoms with Gasteiger partial charge < -0.3 is 4.90 Å². The van der Waals surface area contributed by atoms with Crippen molar-refractivity contribution >= 4 is 28.2 Å². The molecular formula is C16H22N4S. The largest absolute Gasteiger partial charge is 0.349 e. The molecule has 1 heterocycles. The summed E-state index contributed by atoms with van der Waals surface area (Å²) in [4.78, 5) is 6.77. The number of nitrogens with zero attached hydrogens (tertiary/aromatic N) is 2. The van der Waals surface area contributed by atoms with Crippen LogP contribution in [0.1, 0.15) is 32.5 Å². The van der Waals surface area contributed by atoms with Gasteiger partial charge in [-0.3, -0.25) is 10.4 Å². The monoisotopic (exact) mass is 302 g/mol. The van der Waals surface area contributed by atoms with Crippen LogP contribution in [0, 0.1) is 0 Å². The highest BCUT2D eigenvalue weighted by Crippen LogP contribution is 2.15. The Morgan fingerprint density at radius 3 is 2.62 bits per heavy atom. The highest BCUT2D eigenvalue weighted by molar-refractivity contribution is 7.80. The van der Waals surface area contributed by atoms with Gasteiger partial charge in [-0.25, -0.2) is 5.43 Å². The Labute approximate surface area is 131 Å². The van der Waals surface area contributed by atoms with Crippen LogP contribution in [0.4, 0.5) is 0 Å². The van der Waals surface area contributed by atoms with Crippen LogP contribution in [-0.2, 0) is 0 Å². The number of aromatic nitrogens is 1. The molecule has 21 heavy (non-hydrogen) atoms. The minimum atomic E-state index is 0.0723. The van der Waals surface area contributed by atoms with Gasteiger partial charge in [0.1, 0.15) is 0 Å². The summed E-state index contributed by atoms with van der Waals surface area (Å²) in [5.74, 6) is 0. The van der Waals surface area contributed by atoms with Crippen LogP contribution < -0.4 is 10.9 Å². The number of fused-ring (bicyclic) bond motifs is 1. The highest BCUT2D eigenvalue weighted by atomic mass is 32.1. The minimum Gasteiger partial charge on any atom is -0.349 e. The molecule has 0 radical (unpaired) electrons. The van der Waals surface area contributed by atoms with Crippen LogP contribution in [0.3, 0.4) is 0 Å². The highest BCUT2D eigenvalue weighted by Gasteiger charge is 2.09. The van der Waals surface area contributed by atoms with Crippen molar-refractivity contribution in [3.05, 3.63) is 42.1 Å². The predicted octanol–water partition coefficient (Wildman–Crippen LogP) is 3.02. The molecule has 0 aliphatic heterocycles. The third-order valence-electron chi connectivity index (χ3n) is 3.51. The molecule has 0 aliphatic rings. The van der Waals surface area contributed by atoms with E-state index in [-0.39, 0.29) is 6.04 Å². The van der Waals surface area contributed by atoms with Gasteiger partial charge in [0, 0.05) is 18.5 Å². The molecule has 0 amide bonds. The number of nitrogens with one attached hydrogen (secondary N) is 2. The van der Waals surface area contributed by atoms with Crippen LogP contribution in [0.15, 0.2) is 36.4 Å². The van der Waals surface area contributed by atoms with Gasteiger partial charge in [0.2, 0.25) is 0 Å². The van der Waals surface area contributed by atoms with Crippen molar-refractivity contribution in [1.29, 1.82) is 0 Å². The van der Waals surface area contributed by atoms with Crippen molar-refractivity contribution in [2.75, 3.05) is 13.1 Å². The maximum atomic E-state index is 5.35. The molecule has 0 aliphatic carbocycles. The second kappa shape index (κ2) is 7.33. The molecule has 0 spiro atoms. The average Bonchev–Trinajstić information content (AvgIpc) is 2.53. The third kappa shape index (κ3) is 3.89. The summed E-state index contributed by atoms with van der Waals surface area (Å²) in [6.45, 7) is 8.03. The standard InChI is InChI=1S/C16H22N4S/c1-4-20(5-2)16(21)19-18-12(3)14-11-10-13-8-6-7-9-15(13)17-14/h6-12,18H,4-5H2,1-3H3,(H,19,21). The predicted molar refractivity (Wildman–Crippen MR) is 91.9 cm³/mol. The fraction of sp³-hybridized carbons (Fsp3) is 0.375. The summed E-state index contributed by atoms with van der Waals surface area (Å²) in [5.41, 5.74) is 8.31. The van der Waals surface area contributed by atoms with Crippen LogP contribution in [0.2, 0.25) is 0 Å². The van der Waals surface area contributed by atoms with Gasteiger partial charge in [-0.05, 0) is 45.1 Å². The van der Waals surface area contributed by atoms with Crippen molar-refractivity contribution in [2.45, 2.75) is 26.8 Å². The molecular weight excluding hydrogens is 280 g/mol. The summed E-state index contributed by atoms with van der Waals surface area (Å²) >= 11 is 5.35. The van der Waals surface area contributed by atoms with E-state index < -0.39 is 0 Å². The van der Waals surface area contributed by atoms with Crippen LogP contribution in [0.25, 0.3) is 10.9 Å². The second-order valence-electron chi connectivity index (χ2n) is 4.90. The lowest BCUT2D eigenvalue weighted by Gasteiger charge is -2.24. The van der Waals surface area contributed by atoms with E-state index in [9.17, 15) is 0 Å². The zero-order chi connectivity index (χ0) is 15.2. The van der Waals surface area contributed by atoms with E-state index in [1.54, 1.807) is 0 Å². The van der Waals surface area contributed by atoms with Gasteiger partial charge in [-0.2, -0.15) is 0 Å². The third-order valence-corrected chi connectivity index (χ3v) is 3.87. The van der Waals surface area contributed by atoms with Gasteiger partial charge >= 0.3 is 0 Å². The second-order valence-corrected chi connectivity index (χ2v) is 5.28. The first-order chi connectivity index (χ1) is 10.2. The van der Waals surface area contributed by atoms with Crippen molar-refractivity contribution in [3.8, 4) is 0 Å². The molecule has 1 unspecified atom stereocenters. The summed E-state index contributed by atoms with van der Waals surface area (Å²) in [6, 6.07) is 12.3. The molecule has 1 aromatic heterocycles. The minimum absolute atomic E-state index is 0.0723. The molecule has 0 saturated carbocycles. The quantitative estimate of drug-likeness (QED) is 0.656. The van der Waals surface area contributed by atoms with E-state index in [0.29, 0.717) is 5.11 Å². The molecule has 2 aromatic rings. The van der Waals surface area contributed by atoms with E-state index in [2.05, 4.69) is 53.6 Å². The van der Waals surface area contributed by atoms with E-state index in [1.807, 2.05) is 24.3 Å². The van der Waals surface area contributed by atoms with E-state index in [1.165, 1.54) is 0 Å². The lowest BCUT2D eigenvalue weighted by atomic mass is 10.1. The van der Waals surface area contributed by atoms with E-state index >= 15 is 0 Å². The Kier molecular flexibility index (Phi) is 5.47. The van der Waals surface area contributed by atoms with Crippen LogP contribution in [-0.4, -0.2) is 28.1 Å². The first-order valence-electron chi connectivity index (χ1n) is 7.31. The molecule has 2 rings (SSSR count). The average molecular weight is 302 g/mol. The van der Waals surface area contributed by atoms with Crippen LogP contribution >= 0.6 is 12.2 Å². The Hall–Kier alpha value is -1.72. The maximum absolute atomic E-state index is 5.35. The molecule has 5 heteroatoms. The van der Waals surface area contributed by atoms with Crippen LogP contribution in [0.5, 0.6) is 0 Å². The number of thiocarbonyl (C=S) groups is 1. The molecule has 1 atom stereocenters. The number of hydrogen-bond donors (Lipinski definition) is 2. The fourth-order valence-corrected chi connectivity index (χ4v) is 2.47. The van der Waals surface area contributed by atoms with Gasteiger partial charge in [0.15, 0.2) is 5.11 Å². The maximum Gasteiger partial charge on any atom is 0.183 e. The Morgan fingerprint density at radius 2 is 1.90 bits per heavy atom. The zero-order valence-electron chi connectivity index (χ0n) is 12.8. The number of hydrogen-bond acceptors (Lipinski definition) is 3. The number of pyridine rings is 1. The molecule has 4 nitrogen and oxygen atoms in total. The summed E-state index contributed by atoms with van der Waals surface area (Å²) in [5, 5.41) is 1.87. The number of rotatable bonds is 5. The first kappa shape index (κ1) is 15.7. The van der Waals surface area contributed by atoms with Gasteiger partial charge in [0.05, 0.1) is 17.3 Å². The lowest BCUT2D eigenvalue weighted by molar-refractivity contribution is 0.429. The normalized spacial score (nSPS) is 12.1. The number of para-hydroxylation sites is 1. The molecule has 0 bridgehead atoms. The SMILES string of the molecule is CCN(CC)C(=S)NNC(C)c1ccc2ccccc2n1. The van der Waals surface area contributed by atoms with E-state index in [4.69, 9.17) is 12.2 Å². The van der Waals surface area contributed by atoms with E-state index in [0.717, 1.165) is 29.7 Å². The molecule has 2 N–H and O–H groups in total. The molecule has 112 valence electrons. The Bertz CT molecular complexity index is 610. The van der Waals surface area contributed by atoms with Gasteiger partial charge in [0.25, 0.3) is 0 Å². The lowest BCUT2D eigenvalue weighted by Crippen LogP contribution is -2.47. The number of benzene rings is 1. The number of hydrazine groups is 1. The van der Waals surface area contributed by atoms with Crippen molar-refractivity contribution in [2.24, 2.45) is 0 Å². The summed E-state index contributed by atoms with van der Waals surface area (Å²) in [6.07, 6.45) is 0. The Balaban J connectivity index is 2.01. The van der Waals surface area contributed by atoms with Crippen molar-refractivity contribution < 1.29 is 0 Å². The summed E-state index contributed by atoms with van der Waals surface area (Å²) < 4.78 is 0. The van der Waals surface area contributed by atoms with Crippen molar-refractivity contribution in [3.63, 3.8) is 0 Å². The van der Waals surface area contributed by atoms with Gasteiger partial charge in [-0.1, -0.05) is 24.3 Å². The molecule has 1 aromatic carbocycles.